The number of amides is 1. The number of carbonyl (C=O) groups excluding carboxylic acids is 1. The fourth-order valence-corrected chi connectivity index (χ4v) is 2.24. The molecule has 2 aromatic rings. The maximum Gasteiger partial charge on any atom is 0.261 e. The smallest absolute Gasteiger partial charge is 0.261 e. The van der Waals surface area contributed by atoms with Gasteiger partial charge >= 0.3 is 0 Å². The zero-order chi connectivity index (χ0) is 15.7. The van der Waals surface area contributed by atoms with Gasteiger partial charge in [0.15, 0.2) is 5.82 Å². The van der Waals surface area contributed by atoms with Crippen LogP contribution in [-0.4, -0.2) is 13.0 Å². The summed E-state index contributed by atoms with van der Waals surface area (Å²) in [5.74, 6) is -2.30. The van der Waals surface area contributed by atoms with E-state index in [1.165, 1.54) is 11.9 Å². The van der Waals surface area contributed by atoms with Gasteiger partial charge in [0.2, 0.25) is 0 Å². The number of nitrogen functional groups attached to an aromatic ring is 1. The number of carbonyl (C=O) groups is 1. The number of anilines is 2. The van der Waals surface area contributed by atoms with E-state index in [-0.39, 0.29) is 11.3 Å². The average molecular weight is 290 g/mol. The molecule has 0 aliphatic rings. The van der Waals surface area contributed by atoms with E-state index < -0.39 is 17.5 Å². The summed E-state index contributed by atoms with van der Waals surface area (Å²) in [7, 11) is 1.51. The minimum atomic E-state index is -0.905. The van der Waals surface area contributed by atoms with Crippen LogP contribution in [0.1, 0.15) is 21.5 Å². The van der Waals surface area contributed by atoms with Crippen LogP contribution in [0.15, 0.2) is 30.3 Å². The van der Waals surface area contributed by atoms with Gasteiger partial charge in [-0.1, -0.05) is 17.7 Å². The Morgan fingerprint density at radius 3 is 2.43 bits per heavy atom. The average Bonchev–Trinajstić information content (AvgIpc) is 2.41. The normalized spacial score (nSPS) is 10.5. The predicted molar refractivity (Wildman–Crippen MR) is 79.4 cm³/mol. The number of aryl methyl sites for hydroxylation is 2. The number of nitrogens with zero attached hydrogens (tertiary/aromatic N) is 1. The SMILES string of the molecule is Cc1ccc(N(C)C(=O)c2cc(F)cc(N)c2F)c(C)c1. The third kappa shape index (κ3) is 2.86. The summed E-state index contributed by atoms with van der Waals surface area (Å²) < 4.78 is 27.3. The van der Waals surface area contributed by atoms with E-state index in [1.807, 2.05) is 26.0 Å². The van der Waals surface area contributed by atoms with E-state index in [1.54, 1.807) is 6.07 Å². The Hall–Kier alpha value is -2.43. The van der Waals surface area contributed by atoms with Gasteiger partial charge in [0.1, 0.15) is 5.82 Å². The van der Waals surface area contributed by atoms with Gasteiger partial charge in [0.25, 0.3) is 5.91 Å². The summed E-state index contributed by atoms with van der Waals surface area (Å²) in [5.41, 5.74) is 7.16. The molecule has 0 aromatic heterocycles. The molecule has 0 spiro atoms. The highest BCUT2D eigenvalue weighted by Crippen LogP contribution is 2.24. The first kappa shape index (κ1) is 15.0. The second-order valence-corrected chi connectivity index (χ2v) is 5.01. The molecule has 0 atom stereocenters. The highest BCUT2D eigenvalue weighted by molar-refractivity contribution is 6.06. The van der Waals surface area contributed by atoms with E-state index >= 15 is 0 Å². The van der Waals surface area contributed by atoms with Crippen LogP contribution in [0.5, 0.6) is 0 Å². The Kier molecular flexibility index (Phi) is 3.93. The maximum atomic E-state index is 13.9. The molecule has 0 saturated heterocycles. The molecule has 0 heterocycles. The predicted octanol–water partition coefficient (Wildman–Crippen LogP) is 3.44. The van der Waals surface area contributed by atoms with Crippen molar-refractivity contribution in [2.75, 3.05) is 17.7 Å². The number of halogens is 2. The fourth-order valence-electron chi connectivity index (χ4n) is 2.24. The lowest BCUT2D eigenvalue weighted by Gasteiger charge is -2.20. The van der Waals surface area contributed by atoms with E-state index in [0.717, 1.165) is 23.3 Å². The molecule has 5 heteroatoms. The number of nitrogens with two attached hydrogens (primary N) is 1. The lowest BCUT2D eigenvalue weighted by molar-refractivity contribution is 0.0988. The van der Waals surface area contributed by atoms with Gasteiger partial charge in [0, 0.05) is 12.7 Å². The molecule has 1 amide bonds. The summed E-state index contributed by atoms with van der Waals surface area (Å²) in [6, 6.07) is 7.23. The second-order valence-electron chi connectivity index (χ2n) is 5.01. The van der Waals surface area contributed by atoms with Crippen molar-refractivity contribution >= 4 is 17.3 Å². The highest BCUT2D eigenvalue weighted by Gasteiger charge is 2.21. The molecule has 3 nitrogen and oxygen atoms in total. The van der Waals surface area contributed by atoms with Crippen LogP contribution in [0, 0.1) is 25.5 Å². The molecule has 0 aliphatic heterocycles. The van der Waals surface area contributed by atoms with Crippen molar-refractivity contribution in [2.24, 2.45) is 0 Å². The Bertz CT molecular complexity index is 714. The van der Waals surface area contributed by atoms with E-state index in [0.29, 0.717) is 5.69 Å². The van der Waals surface area contributed by atoms with Crippen molar-refractivity contribution in [3.05, 3.63) is 58.7 Å². The zero-order valence-corrected chi connectivity index (χ0v) is 12.1. The molecule has 2 aromatic carbocycles. The molecule has 0 bridgehead atoms. The molecule has 0 saturated carbocycles. The Labute approximate surface area is 122 Å². The largest absolute Gasteiger partial charge is 0.396 e. The third-order valence-electron chi connectivity index (χ3n) is 3.31. The van der Waals surface area contributed by atoms with Crippen LogP contribution in [-0.2, 0) is 0 Å². The Balaban J connectivity index is 2.44. The Morgan fingerprint density at radius 1 is 1.14 bits per heavy atom. The minimum absolute atomic E-state index is 0.380. The van der Waals surface area contributed by atoms with Crippen molar-refractivity contribution in [2.45, 2.75) is 13.8 Å². The molecule has 21 heavy (non-hydrogen) atoms. The van der Waals surface area contributed by atoms with Crippen molar-refractivity contribution in [3.63, 3.8) is 0 Å². The zero-order valence-electron chi connectivity index (χ0n) is 12.1. The van der Waals surface area contributed by atoms with E-state index in [9.17, 15) is 13.6 Å². The molecule has 0 fully saturated rings. The van der Waals surface area contributed by atoms with Gasteiger partial charge in [-0.05, 0) is 37.6 Å². The minimum Gasteiger partial charge on any atom is -0.396 e. The van der Waals surface area contributed by atoms with E-state index in [2.05, 4.69) is 0 Å². The molecule has 110 valence electrons. The standard InChI is InChI=1S/C16H16F2N2O/c1-9-4-5-14(10(2)6-9)20(3)16(21)12-7-11(17)8-13(19)15(12)18/h4-8H,19H2,1-3H3. The monoisotopic (exact) mass is 290 g/mol. The lowest BCUT2D eigenvalue weighted by Crippen LogP contribution is -2.28. The molecular formula is C16H16F2N2O. The molecular weight excluding hydrogens is 274 g/mol. The molecule has 0 radical (unpaired) electrons. The van der Waals surface area contributed by atoms with Crippen molar-refractivity contribution < 1.29 is 13.6 Å². The molecule has 2 rings (SSSR count). The number of rotatable bonds is 2. The first-order valence-corrected chi connectivity index (χ1v) is 6.41. The van der Waals surface area contributed by atoms with Gasteiger partial charge in [-0.25, -0.2) is 8.78 Å². The topological polar surface area (TPSA) is 46.3 Å². The summed E-state index contributed by atoms with van der Waals surface area (Å²) in [5, 5.41) is 0. The quantitative estimate of drug-likeness (QED) is 0.861. The number of hydrogen-bond donors (Lipinski definition) is 1. The lowest BCUT2D eigenvalue weighted by atomic mass is 10.1. The van der Waals surface area contributed by atoms with Crippen LogP contribution in [0.25, 0.3) is 0 Å². The molecule has 0 aliphatic carbocycles. The number of hydrogen-bond acceptors (Lipinski definition) is 2. The van der Waals surface area contributed by atoms with Gasteiger partial charge in [0.05, 0.1) is 11.3 Å². The van der Waals surface area contributed by atoms with Crippen LogP contribution in [0.4, 0.5) is 20.2 Å². The Morgan fingerprint density at radius 2 is 1.81 bits per heavy atom. The summed E-state index contributed by atoms with van der Waals surface area (Å²) in [6.07, 6.45) is 0. The van der Waals surface area contributed by atoms with Gasteiger partial charge in [-0.2, -0.15) is 0 Å². The highest BCUT2D eigenvalue weighted by atomic mass is 19.1. The second kappa shape index (κ2) is 5.52. The first-order chi connectivity index (χ1) is 9.81. The van der Waals surface area contributed by atoms with E-state index in [4.69, 9.17) is 5.73 Å². The van der Waals surface area contributed by atoms with Crippen LogP contribution in [0.2, 0.25) is 0 Å². The fraction of sp³-hybridized carbons (Fsp3) is 0.188. The maximum absolute atomic E-state index is 13.9. The molecule has 2 N–H and O–H groups in total. The van der Waals surface area contributed by atoms with Gasteiger partial charge in [-0.3, -0.25) is 4.79 Å². The van der Waals surface area contributed by atoms with Gasteiger partial charge < -0.3 is 10.6 Å². The first-order valence-electron chi connectivity index (χ1n) is 6.41. The summed E-state index contributed by atoms with van der Waals surface area (Å²) in [4.78, 5) is 13.7. The summed E-state index contributed by atoms with van der Waals surface area (Å²) >= 11 is 0. The van der Waals surface area contributed by atoms with Crippen molar-refractivity contribution in [3.8, 4) is 0 Å². The summed E-state index contributed by atoms with van der Waals surface area (Å²) in [6.45, 7) is 3.79. The number of benzene rings is 2. The third-order valence-corrected chi connectivity index (χ3v) is 3.31. The van der Waals surface area contributed by atoms with Crippen LogP contribution >= 0.6 is 0 Å². The van der Waals surface area contributed by atoms with Gasteiger partial charge in [-0.15, -0.1) is 0 Å². The van der Waals surface area contributed by atoms with Crippen molar-refractivity contribution in [1.29, 1.82) is 0 Å². The van der Waals surface area contributed by atoms with Crippen LogP contribution < -0.4 is 10.6 Å². The molecule has 0 unspecified atom stereocenters. The van der Waals surface area contributed by atoms with Crippen LogP contribution in [0.3, 0.4) is 0 Å². The van der Waals surface area contributed by atoms with Crippen molar-refractivity contribution in [1.82, 2.24) is 0 Å².